The summed E-state index contributed by atoms with van der Waals surface area (Å²) >= 11 is 0.972. The molecule has 0 radical (unpaired) electrons. The molecule has 0 aliphatic rings. The van der Waals surface area contributed by atoms with Crippen molar-refractivity contribution in [3.8, 4) is 5.75 Å². The Labute approximate surface area is 161 Å². The number of nitrogens with one attached hydrogen (secondary N) is 1. The zero-order valence-corrected chi connectivity index (χ0v) is 16.4. The summed E-state index contributed by atoms with van der Waals surface area (Å²) in [6.45, 7) is 5.79. The fourth-order valence-electron chi connectivity index (χ4n) is 2.41. The number of thiophene rings is 1. The molecule has 1 aromatic carbocycles. The van der Waals surface area contributed by atoms with Crippen molar-refractivity contribution in [2.45, 2.75) is 20.8 Å². The Morgan fingerprint density at radius 1 is 1.11 bits per heavy atom. The van der Waals surface area contributed by atoms with Gasteiger partial charge < -0.3 is 19.5 Å². The van der Waals surface area contributed by atoms with E-state index in [1.165, 1.54) is 7.11 Å². The highest BCUT2D eigenvalue weighted by Gasteiger charge is 2.27. The van der Waals surface area contributed by atoms with Gasteiger partial charge in [-0.05, 0) is 44.5 Å². The minimum Gasteiger partial charge on any atom is -0.494 e. The number of amides is 1. The summed E-state index contributed by atoms with van der Waals surface area (Å²) in [6.07, 6.45) is 0. The first-order valence-electron chi connectivity index (χ1n) is 8.35. The number of benzene rings is 1. The highest BCUT2D eigenvalue weighted by atomic mass is 32.1. The number of carbonyl (C=O) groups is 3. The Bertz CT molecular complexity index is 858. The lowest BCUT2D eigenvalue weighted by atomic mass is 10.1. The van der Waals surface area contributed by atoms with Gasteiger partial charge in [-0.25, -0.2) is 9.59 Å². The summed E-state index contributed by atoms with van der Waals surface area (Å²) in [5.74, 6) is -1.06. The fraction of sp³-hybridized carbons (Fsp3) is 0.316. The number of anilines is 1. The molecule has 7 nitrogen and oxygen atoms in total. The molecule has 0 saturated carbocycles. The summed E-state index contributed by atoms with van der Waals surface area (Å²) in [5.41, 5.74) is 0.918. The SMILES string of the molecule is CCOC(=O)c1c(NC(=O)c2cccc(OCC)c2)sc(C(=O)OC)c1C. The van der Waals surface area contributed by atoms with Crippen molar-refractivity contribution in [1.29, 1.82) is 0 Å². The lowest BCUT2D eigenvalue weighted by Gasteiger charge is -2.08. The predicted molar refractivity (Wildman–Crippen MR) is 102 cm³/mol. The zero-order valence-electron chi connectivity index (χ0n) is 15.6. The molecule has 0 aliphatic heterocycles. The average molecular weight is 391 g/mol. The maximum absolute atomic E-state index is 12.6. The molecular weight excluding hydrogens is 370 g/mol. The van der Waals surface area contributed by atoms with E-state index in [9.17, 15) is 14.4 Å². The predicted octanol–water partition coefficient (Wildman–Crippen LogP) is 3.67. The van der Waals surface area contributed by atoms with Gasteiger partial charge in [0.1, 0.15) is 15.6 Å². The van der Waals surface area contributed by atoms with E-state index in [-0.39, 0.29) is 22.0 Å². The van der Waals surface area contributed by atoms with Gasteiger partial charge in [0.25, 0.3) is 5.91 Å². The highest BCUT2D eigenvalue weighted by molar-refractivity contribution is 7.18. The van der Waals surface area contributed by atoms with Crippen molar-refractivity contribution in [2.75, 3.05) is 25.6 Å². The summed E-state index contributed by atoms with van der Waals surface area (Å²) < 4.78 is 15.2. The third-order valence-corrected chi connectivity index (χ3v) is 4.82. The monoisotopic (exact) mass is 391 g/mol. The summed E-state index contributed by atoms with van der Waals surface area (Å²) in [7, 11) is 1.25. The third kappa shape index (κ3) is 4.65. The normalized spacial score (nSPS) is 10.2. The van der Waals surface area contributed by atoms with Gasteiger partial charge >= 0.3 is 11.9 Å². The van der Waals surface area contributed by atoms with Crippen molar-refractivity contribution in [2.24, 2.45) is 0 Å². The lowest BCUT2D eigenvalue weighted by Crippen LogP contribution is -2.15. The molecule has 2 aromatic rings. The van der Waals surface area contributed by atoms with Crippen LogP contribution in [-0.2, 0) is 9.47 Å². The molecule has 1 amide bonds. The van der Waals surface area contributed by atoms with Crippen LogP contribution in [0.5, 0.6) is 5.75 Å². The van der Waals surface area contributed by atoms with Gasteiger partial charge in [0, 0.05) is 5.56 Å². The van der Waals surface area contributed by atoms with Crippen LogP contribution in [0.1, 0.15) is 49.8 Å². The van der Waals surface area contributed by atoms with Crippen LogP contribution in [0.3, 0.4) is 0 Å². The van der Waals surface area contributed by atoms with Crippen LogP contribution in [0.4, 0.5) is 5.00 Å². The van der Waals surface area contributed by atoms with Crippen LogP contribution < -0.4 is 10.1 Å². The quantitative estimate of drug-likeness (QED) is 0.724. The van der Waals surface area contributed by atoms with Crippen LogP contribution >= 0.6 is 11.3 Å². The van der Waals surface area contributed by atoms with E-state index in [4.69, 9.17) is 14.2 Å². The fourth-order valence-corrected chi connectivity index (χ4v) is 3.52. The van der Waals surface area contributed by atoms with E-state index in [0.717, 1.165) is 11.3 Å². The van der Waals surface area contributed by atoms with Gasteiger partial charge in [-0.15, -0.1) is 11.3 Å². The number of hydrogen-bond donors (Lipinski definition) is 1. The Balaban J connectivity index is 2.39. The van der Waals surface area contributed by atoms with Crippen LogP contribution in [0.25, 0.3) is 0 Å². The second-order valence-corrected chi connectivity index (χ2v) is 6.41. The Hall–Kier alpha value is -2.87. The molecule has 8 heteroatoms. The first kappa shape index (κ1) is 20.4. The molecule has 0 fully saturated rings. The molecule has 0 bridgehead atoms. The van der Waals surface area contributed by atoms with E-state index >= 15 is 0 Å². The molecule has 0 spiro atoms. The highest BCUT2D eigenvalue weighted by Crippen LogP contribution is 2.34. The zero-order chi connectivity index (χ0) is 20.0. The molecule has 0 atom stereocenters. The number of rotatable bonds is 7. The van der Waals surface area contributed by atoms with Gasteiger partial charge in [0.15, 0.2) is 0 Å². The summed E-state index contributed by atoms with van der Waals surface area (Å²) in [4.78, 5) is 37.2. The Kier molecular flexibility index (Phi) is 6.95. The number of carbonyl (C=O) groups excluding carboxylic acids is 3. The number of ether oxygens (including phenoxy) is 3. The number of hydrogen-bond acceptors (Lipinski definition) is 7. The van der Waals surface area contributed by atoms with Gasteiger partial charge in [0.05, 0.1) is 25.9 Å². The van der Waals surface area contributed by atoms with Gasteiger partial charge in [-0.3, -0.25) is 4.79 Å². The van der Waals surface area contributed by atoms with Crippen LogP contribution in [-0.4, -0.2) is 38.2 Å². The topological polar surface area (TPSA) is 90.9 Å². The molecule has 1 heterocycles. The van der Waals surface area contributed by atoms with Crippen molar-refractivity contribution in [3.63, 3.8) is 0 Å². The Morgan fingerprint density at radius 3 is 2.48 bits per heavy atom. The van der Waals surface area contributed by atoms with Crippen molar-refractivity contribution < 1.29 is 28.6 Å². The summed E-state index contributed by atoms with van der Waals surface area (Å²) in [6, 6.07) is 6.68. The van der Waals surface area contributed by atoms with Gasteiger partial charge in [-0.1, -0.05) is 6.07 Å². The van der Waals surface area contributed by atoms with E-state index in [1.54, 1.807) is 38.1 Å². The molecule has 1 N–H and O–H groups in total. The summed E-state index contributed by atoms with van der Waals surface area (Å²) in [5, 5.41) is 2.93. The first-order valence-corrected chi connectivity index (χ1v) is 9.17. The van der Waals surface area contributed by atoms with Crippen molar-refractivity contribution in [1.82, 2.24) is 0 Å². The van der Waals surface area contributed by atoms with Gasteiger partial charge in [-0.2, -0.15) is 0 Å². The largest absolute Gasteiger partial charge is 0.494 e. The minimum absolute atomic E-state index is 0.150. The maximum atomic E-state index is 12.6. The van der Waals surface area contributed by atoms with Crippen LogP contribution in [0.15, 0.2) is 24.3 Å². The lowest BCUT2D eigenvalue weighted by molar-refractivity contribution is 0.0527. The molecule has 144 valence electrons. The maximum Gasteiger partial charge on any atom is 0.348 e. The third-order valence-electron chi connectivity index (χ3n) is 3.63. The van der Waals surface area contributed by atoms with Crippen LogP contribution in [0.2, 0.25) is 0 Å². The van der Waals surface area contributed by atoms with Crippen molar-refractivity contribution in [3.05, 3.63) is 45.8 Å². The van der Waals surface area contributed by atoms with Crippen molar-refractivity contribution >= 4 is 34.2 Å². The van der Waals surface area contributed by atoms with Crippen LogP contribution in [0, 0.1) is 6.92 Å². The second kappa shape index (κ2) is 9.18. The van der Waals surface area contributed by atoms with E-state index in [2.05, 4.69) is 5.32 Å². The minimum atomic E-state index is -0.611. The Morgan fingerprint density at radius 2 is 1.85 bits per heavy atom. The van der Waals surface area contributed by atoms with E-state index in [1.807, 2.05) is 6.92 Å². The molecule has 0 aliphatic carbocycles. The molecule has 1 aromatic heterocycles. The number of methoxy groups -OCH3 is 1. The van der Waals surface area contributed by atoms with E-state index < -0.39 is 17.8 Å². The number of esters is 2. The molecule has 0 unspecified atom stereocenters. The molecular formula is C19H21NO6S. The average Bonchev–Trinajstić information content (AvgIpc) is 2.97. The smallest absolute Gasteiger partial charge is 0.348 e. The standard InChI is InChI=1S/C19H21NO6S/c1-5-25-13-9-7-8-12(10-13)16(21)20-17-14(18(22)26-6-2)11(3)15(27-17)19(23)24-4/h7-10H,5-6H2,1-4H3,(H,20,21). The molecule has 0 saturated heterocycles. The van der Waals surface area contributed by atoms with Gasteiger partial charge in [0.2, 0.25) is 0 Å². The van der Waals surface area contributed by atoms with E-state index in [0.29, 0.717) is 23.5 Å². The first-order chi connectivity index (χ1) is 12.9. The molecule has 2 rings (SSSR count). The second-order valence-electron chi connectivity index (χ2n) is 5.39. The molecule has 27 heavy (non-hydrogen) atoms.